The smallest absolute Gasteiger partial charge is 0.226 e. The van der Waals surface area contributed by atoms with Crippen LogP contribution in [0.25, 0.3) is 11.5 Å². The number of nitrogens with zero attached hydrogens (tertiary/aromatic N) is 3. The molecule has 2 atom stereocenters. The Balaban J connectivity index is 1.17. The zero-order chi connectivity index (χ0) is 24.1. The molecule has 0 spiro atoms. The van der Waals surface area contributed by atoms with E-state index in [0.717, 1.165) is 80.8 Å². The van der Waals surface area contributed by atoms with E-state index in [-0.39, 0.29) is 11.8 Å². The molecule has 3 heterocycles. The second-order valence-electron chi connectivity index (χ2n) is 10.4. The molecule has 7 heteroatoms. The summed E-state index contributed by atoms with van der Waals surface area (Å²) in [5, 5.41) is 3.86. The molecule has 0 bridgehead atoms. The highest BCUT2D eigenvalue weighted by Crippen LogP contribution is 2.26. The van der Waals surface area contributed by atoms with E-state index >= 15 is 0 Å². The van der Waals surface area contributed by atoms with Gasteiger partial charge in [0.25, 0.3) is 0 Å². The number of amides is 1. The first-order valence-corrected chi connectivity index (χ1v) is 13.2. The summed E-state index contributed by atoms with van der Waals surface area (Å²) in [4.78, 5) is 22.3. The number of carbonyl (C=O) groups excluding carboxylic acids is 1. The minimum atomic E-state index is 0.117. The van der Waals surface area contributed by atoms with Gasteiger partial charge in [-0.25, -0.2) is 4.98 Å². The van der Waals surface area contributed by atoms with Crippen LogP contribution in [0.5, 0.6) is 0 Å². The van der Waals surface area contributed by atoms with Gasteiger partial charge in [-0.2, -0.15) is 0 Å². The Morgan fingerprint density at radius 1 is 1.18 bits per heavy atom. The van der Waals surface area contributed by atoms with Crippen molar-refractivity contribution in [2.75, 3.05) is 39.3 Å². The van der Waals surface area contributed by atoms with Crippen LogP contribution in [-0.2, 0) is 11.3 Å². The lowest BCUT2D eigenvalue weighted by Crippen LogP contribution is -2.42. The molecule has 0 aliphatic carbocycles. The van der Waals surface area contributed by atoms with Gasteiger partial charge in [-0.05, 0) is 82.3 Å². The molecule has 1 N–H and O–H groups in total. The number of halogens is 1. The molecule has 1 amide bonds. The van der Waals surface area contributed by atoms with Crippen LogP contribution in [0.1, 0.15) is 51.0 Å². The van der Waals surface area contributed by atoms with Crippen LogP contribution in [0.15, 0.2) is 28.7 Å². The van der Waals surface area contributed by atoms with Gasteiger partial charge in [0.2, 0.25) is 11.8 Å². The van der Waals surface area contributed by atoms with E-state index in [1.54, 1.807) is 0 Å². The van der Waals surface area contributed by atoms with Crippen molar-refractivity contribution >= 4 is 17.5 Å². The van der Waals surface area contributed by atoms with E-state index < -0.39 is 0 Å². The normalized spacial score (nSPS) is 22.7. The van der Waals surface area contributed by atoms with Crippen molar-refractivity contribution in [2.45, 2.75) is 53.0 Å². The standard InChI is InChI=1S/C27H39ClN4O2/c1-19-14-20(2)17-32(16-19)11-5-10-29-26(33)22-8-12-31(13-9-22)18-25-21(3)34-27(30-25)23-6-4-7-24(28)15-23/h4,6-7,15,19-20,22H,5,8-14,16-18H2,1-3H3,(H,29,33)/t19-,20+. The summed E-state index contributed by atoms with van der Waals surface area (Å²) in [5.41, 5.74) is 1.85. The molecule has 0 saturated carbocycles. The van der Waals surface area contributed by atoms with Crippen molar-refractivity contribution in [1.29, 1.82) is 0 Å². The Hall–Kier alpha value is -1.89. The lowest BCUT2D eigenvalue weighted by atomic mass is 9.92. The summed E-state index contributed by atoms with van der Waals surface area (Å²) in [5.74, 6) is 3.36. The molecule has 186 valence electrons. The Labute approximate surface area is 209 Å². The van der Waals surface area contributed by atoms with Crippen LogP contribution < -0.4 is 5.32 Å². The van der Waals surface area contributed by atoms with E-state index in [0.29, 0.717) is 10.9 Å². The quantitative estimate of drug-likeness (QED) is 0.532. The van der Waals surface area contributed by atoms with Crippen LogP contribution in [-0.4, -0.2) is 60.0 Å². The van der Waals surface area contributed by atoms with Crippen LogP contribution in [0, 0.1) is 24.7 Å². The van der Waals surface area contributed by atoms with Crippen LogP contribution >= 0.6 is 11.6 Å². The van der Waals surface area contributed by atoms with E-state index in [4.69, 9.17) is 21.0 Å². The highest BCUT2D eigenvalue weighted by Gasteiger charge is 2.26. The monoisotopic (exact) mass is 486 g/mol. The van der Waals surface area contributed by atoms with Gasteiger partial charge in [-0.3, -0.25) is 9.69 Å². The molecule has 4 rings (SSSR count). The summed E-state index contributed by atoms with van der Waals surface area (Å²) >= 11 is 6.11. The number of aryl methyl sites for hydroxylation is 1. The van der Waals surface area contributed by atoms with Crippen LogP contribution in [0.2, 0.25) is 5.02 Å². The zero-order valence-electron chi connectivity index (χ0n) is 20.9. The SMILES string of the molecule is Cc1oc(-c2cccc(Cl)c2)nc1CN1CCC(C(=O)NCCCN2C[C@H](C)C[C@H](C)C2)CC1. The Kier molecular flexibility index (Phi) is 8.67. The third kappa shape index (κ3) is 6.83. The minimum Gasteiger partial charge on any atom is -0.441 e. The molecule has 1 aromatic heterocycles. The molecule has 1 aromatic carbocycles. The number of nitrogens with one attached hydrogen (secondary N) is 1. The fourth-order valence-corrected chi connectivity index (χ4v) is 5.71. The number of benzene rings is 1. The maximum atomic E-state index is 12.7. The summed E-state index contributed by atoms with van der Waals surface area (Å²) in [6.07, 6.45) is 4.16. The van der Waals surface area contributed by atoms with Crippen molar-refractivity contribution < 1.29 is 9.21 Å². The largest absolute Gasteiger partial charge is 0.441 e. The minimum absolute atomic E-state index is 0.117. The maximum absolute atomic E-state index is 12.7. The number of carbonyl (C=O) groups is 1. The molecule has 6 nitrogen and oxygen atoms in total. The molecular weight excluding hydrogens is 448 g/mol. The van der Waals surface area contributed by atoms with Crippen molar-refractivity contribution in [3.63, 3.8) is 0 Å². The molecule has 2 aliphatic heterocycles. The van der Waals surface area contributed by atoms with Gasteiger partial charge in [-0.1, -0.05) is 31.5 Å². The van der Waals surface area contributed by atoms with Gasteiger partial charge in [0, 0.05) is 42.7 Å². The first-order chi connectivity index (χ1) is 16.4. The molecule has 0 radical (unpaired) electrons. The highest BCUT2D eigenvalue weighted by molar-refractivity contribution is 6.30. The predicted octanol–water partition coefficient (Wildman–Crippen LogP) is 5.00. The lowest BCUT2D eigenvalue weighted by molar-refractivity contribution is -0.126. The summed E-state index contributed by atoms with van der Waals surface area (Å²) < 4.78 is 5.90. The number of hydrogen-bond acceptors (Lipinski definition) is 5. The van der Waals surface area contributed by atoms with E-state index in [1.807, 2.05) is 31.2 Å². The van der Waals surface area contributed by atoms with E-state index in [1.165, 1.54) is 19.5 Å². The van der Waals surface area contributed by atoms with Crippen molar-refractivity contribution in [3.05, 3.63) is 40.7 Å². The average molecular weight is 487 g/mol. The average Bonchev–Trinajstić information content (AvgIpc) is 3.16. The van der Waals surface area contributed by atoms with Crippen LogP contribution in [0.3, 0.4) is 0 Å². The molecule has 2 aromatic rings. The number of hydrogen-bond donors (Lipinski definition) is 1. The fraction of sp³-hybridized carbons (Fsp3) is 0.630. The van der Waals surface area contributed by atoms with Crippen molar-refractivity contribution in [3.8, 4) is 11.5 Å². The Bertz CT molecular complexity index is 944. The van der Waals surface area contributed by atoms with E-state index in [2.05, 4.69) is 29.0 Å². The maximum Gasteiger partial charge on any atom is 0.226 e. The lowest BCUT2D eigenvalue weighted by Gasteiger charge is -2.35. The molecule has 0 unspecified atom stereocenters. The van der Waals surface area contributed by atoms with Crippen molar-refractivity contribution in [2.24, 2.45) is 17.8 Å². The predicted molar refractivity (Wildman–Crippen MR) is 137 cm³/mol. The van der Waals surface area contributed by atoms with Gasteiger partial charge in [0.05, 0.1) is 5.69 Å². The summed E-state index contributed by atoms with van der Waals surface area (Å²) in [6, 6.07) is 7.58. The Morgan fingerprint density at radius 2 is 1.91 bits per heavy atom. The second kappa shape index (κ2) is 11.7. The second-order valence-corrected chi connectivity index (χ2v) is 10.9. The molecule has 2 saturated heterocycles. The first kappa shape index (κ1) is 25.2. The van der Waals surface area contributed by atoms with Crippen LogP contribution in [0.4, 0.5) is 0 Å². The van der Waals surface area contributed by atoms with Gasteiger partial charge in [0.1, 0.15) is 5.76 Å². The number of oxazole rings is 1. The summed E-state index contributed by atoms with van der Waals surface area (Å²) in [6.45, 7) is 13.5. The number of likely N-dealkylation sites (tertiary alicyclic amines) is 2. The molecule has 2 aliphatic rings. The first-order valence-electron chi connectivity index (χ1n) is 12.8. The van der Waals surface area contributed by atoms with Gasteiger partial charge >= 0.3 is 0 Å². The third-order valence-corrected chi connectivity index (χ3v) is 7.43. The molecule has 2 fully saturated rings. The van der Waals surface area contributed by atoms with Gasteiger partial charge in [0.15, 0.2) is 0 Å². The van der Waals surface area contributed by atoms with Crippen molar-refractivity contribution in [1.82, 2.24) is 20.1 Å². The third-order valence-electron chi connectivity index (χ3n) is 7.19. The molecule has 34 heavy (non-hydrogen) atoms. The topological polar surface area (TPSA) is 61.6 Å². The zero-order valence-corrected chi connectivity index (χ0v) is 21.6. The number of piperidine rings is 2. The van der Waals surface area contributed by atoms with Gasteiger partial charge in [-0.15, -0.1) is 0 Å². The molecular formula is C27H39ClN4O2. The Morgan fingerprint density at radius 3 is 2.62 bits per heavy atom. The van der Waals surface area contributed by atoms with Gasteiger partial charge < -0.3 is 14.6 Å². The fourth-order valence-electron chi connectivity index (χ4n) is 5.52. The summed E-state index contributed by atoms with van der Waals surface area (Å²) in [7, 11) is 0. The highest BCUT2D eigenvalue weighted by atomic mass is 35.5. The number of rotatable bonds is 8. The number of aromatic nitrogens is 1. The van der Waals surface area contributed by atoms with E-state index in [9.17, 15) is 4.79 Å².